The second-order valence-corrected chi connectivity index (χ2v) is 3.79. The number of rotatable bonds is 8. The van der Waals surface area contributed by atoms with E-state index < -0.39 is 11.9 Å². The van der Waals surface area contributed by atoms with E-state index in [0.29, 0.717) is 25.7 Å². The second kappa shape index (κ2) is 10.5. The topological polar surface area (TPSA) is 60.4 Å². The van der Waals surface area contributed by atoms with Crippen molar-refractivity contribution < 1.29 is 19.1 Å². The predicted octanol–water partition coefficient (Wildman–Crippen LogP) is 0.720. The molecule has 0 atom stereocenters. The minimum atomic E-state index is -0.760. The Morgan fingerprint density at radius 2 is 1.41 bits per heavy atom. The van der Waals surface area contributed by atoms with E-state index in [1.54, 1.807) is 0 Å². The van der Waals surface area contributed by atoms with E-state index in [2.05, 4.69) is 0 Å². The van der Waals surface area contributed by atoms with Gasteiger partial charge in [0, 0.05) is 19.8 Å². The molecule has 0 unspecified atom stereocenters. The SMILES string of the molecule is CCCC(=O)C(COC(C)=O)C(=O)CCC.[AlH3]. The Kier molecular flexibility index (Phi) is 11.5. The minimum absolute atomic E-state index is 0. The van der Waals surface area contributed by atoms with Gasteiger partial charge in [0.05, 0.1) is 0 Å². The Bertz CT molecular complexity index is 245. The first-order valence-corrected chi connectivity index (χ1v) is 5.71. The van der Waals surface area contributed by atoms with Crippen LogP contribution < -0.4 is 0 Å². The third kappa shape index (κ3) is 8.12. The Labute approximate surface area is 113 Å². The molecule has 0 aliphatic carbocycles. The fourth-order valence-electron chi connectivity index (χ4n) is 1.41. The Morgan fingerprint density at radius 3 is 1.71 bits per heavy atom. The summed E-state index contributed by atoms with van der Waals surface area (Å²) in [5.74, 6) is -1.47. The van der Waals surface area contributed by atoms with Crippen LogP contribution in [-0.4, -0.2) is 41.5 Å². The van der Waals surface area contributed by atoms with Crippen molar-refractivity contribution in [2.45, 2.75) is 46.5 Å². The van der Waals surface area contributed by atoms with Crippen LogP contribution in [0.2, 0.25) is 0 Å². The number of hydrogen-bond acceptors (Lipinski definition) is 4. The zero-order chi connectivity index (χ0) is 12.6. The zero-order valence-corrected chi connectivity index (χ0v) is 10.2. The highest BCUT2D eigenvalue weighted by Gasteiger charge is 2.25. The summed E-state index contributed by atoms with van der Waals surface area (Å²) in [7, 11) is 0. The van der Waals surface area contributed by atoms with E-state index in [0.717, 1.165) is 0 Å². The molecule has 17 heavy (non-hydrogen) atoms. The molecule has 0 spiro atoms. The molecule has 0 aromatic carbocycles. The summed E-state index contributed by atoms with van der Waals surface area (Å²) in [6, 6.07) is 0. The van der Waals surface area contributed by atoms with Gasteiger partial charge in [-0.2, -0.15) is 0 Å². The van der Waals surface area contributed by atoms with Crippen LogP contribution >= 0.6 is 0 Å². The van der Waals surface area contributed by atoms with Gasteiger partial charge >= 0.3 is 5.97 Å². The summed E-state index contributed by atoms with van der Waals surface area (Å²) >= 11 is 0. The van der Waals surface area contributed by atoms with Crippen molar-refractivity contribution in [2.75, 3.05) is 6.61 Å². The molecule has 0 radical (unpaired) electrons. The number of carbonyl (C=O) groups is 3. The van der Waals surface area contributed by atoms with Crippen LogP contribution in [0.15, 0.2) is 0 Å². The molecule has 0 aliphatic rings. The van der Waals surface area contributed by atoms with Crippen LogP contribution in [0.5, 0.6) is 0 Å². The van der Waals surface area contributed by atoms with E-state index in [9.17, 15) is 14.4 Å². The van der Waals surface area contributed by atoms with Crippen molar-refractivity contribution in [3.8, 4) is 0 Å². The lowest BCUT2D eigenvalue weighted by Crippen LogP contribution is -2.29. The van der Waals surface area contributed by atoms with Crippen molar-refractivity contribution in [3.05, 3.63) is 0 Å². The smallest absolute Gasteiger partial charge is 0.302 e. The molecule has 0 heterocycles. The fourth-order valence-corrected chi connectivity index (χ4v) is 1.41. The quantitative estimate of drug-likeness (QED) is 0.366. The summed E-state index contributed by atoms with van der Waals surface area (Å²) in [5.41, 5.74) is 0. The van der Waals surface area contributed by atoms with E-state index in [4.69, 9.17) is 4.74 Å². The predicted molar refractivity (Wildman–Crippen MR) is 69.9 cm³/mol. The normalized spacial score (nSPS) is 9.65. The van der Waals surface area contributed by atoms with Crippen molar-refractivity contribution in [3.63, 3.8) is 0 Å². The third-order valence-electron chi connectivity index (χ3n) is 2.22. The largest absolute Gasteiger partial charge is 0.465 e. The Morgan fingerprint density at radius 1 is 1.00 bits per heavy atom. The molecule has 0 bridgehead atoms. The van der Waals surface area contributed by atoms with Crippen LogP contribution in [-0.2, 0) is 19.1 Å². The zero-order valence-electron chi connectivity index (χ0n) is 10.2. The first kappa shape index (κ1) is 18.7. The fraction of sp³-hybridized carbons (Fsp3) is 0.750. The van der Waals surface area contributed by atoms with Gasteiger partial charge in [-0.3, -0.25) is 14.4 Å². The standard InChI is InChI=1S/C12H20O4.Al.3H/c1-4-6-11(14)10(8-16-9(3)13)12(15)7-5-2;;;;/h10H,4-8H2,1-3H3;;;;. The number of ether oxygens (including phenoxy) is 1. The molecule has 4 nitrogen and oxygen atoms in total. The molecule has 0 amide bonds. The van der Waals surface area contributed by atoms with Gasteiger partial charge in [-0.05, 0) is 12.8 Å². The van der Waals surface area contributed by atoms with Gasteiger partial charge in [0.2, 0.25) is 0 Å². The molecule has 5 heteroatoms. The minimum Gasteiger partial charge on any atom is -0.465 e. The van der Waals surface area contributed by atoms with Gasteiger partial charge in [0.15, 0.2) is 17.4 Å². The monoisotopic (exact) mass is 258 g/mol. The average Bonchev–Trinajstić information content (AvgIpc) is 2.18. The summed E-state index contributed by atoms with van der Waals surface area (Å²) in [6.07, 6.45) is 2.13. The highest BCUT2D eigenvalue weighted by molar-refractivity contribution is 6.02. The average molecular weight is 258 g/mol. The molecule has 98 valence electrons. The number of Topliss-reactive ketones (excluding diaryl/α,β-unsaturated/α-hetero) is 2. The first-order valence-electron chi connectivity index (χ1n) is 5.71. The molecule has 0 rings (SSSR count). The summed E-state index contributed by atoms with van der Waals surface area (Å²) in [5, 5.41) is 0. The second-order valence-electron chi connectivity index (χ2n) is 3.79. The van der Waals surface area contributed by atoms with E-state index >= 15 is 0 Å². The number of esters is 1. The summed E-state index contributed by atoms with van der Waals surface area (Å²) in [4.78, 5) is 34.0. The van der Waals surface area contributed by atoms with Gasteiger partial charge in [-0.15, -0.1) is 0 Å². The van der Waals surface area contributed by atoms with Crippen LogP contribution in [0.25, 0.3) is 0 Å². The Balaban J connectivity index is 0. The van der Waals surface area contributed by atoms with Gasteiger partial charge in [0.25, 0.3) is 0 Å². The Hall–Kier alpha value is -0.658. The first-order chi connectivity index (χ1) is 7.52. The van der Waals surface area contributed by atoms with Crippen molar-refractivity contribution in [1.82, 2.24) is 0 Å². The van der Waals surface area contributed by atoms with Crippen molar-refractivity contribution in [2.24, 2.45) is 5.92 Å². The highest BCUT2D eigenvalue weighted by atomic mass is 27.0. The van der Waals surface area contributed by atoms with E-state index in [1.165, 1.54) is 6.92 Å². The summed E-state index contributed by atoms with van der Waals surface area (Å²) < 4.78 is 4.76. The van der Waals surface area contributed by atoms with Gasteiger partial charge in [0.1, 0.15) is 24.1 Å². The molecular formula is C12H23AlO4. The lowest BCUT2D eigenvalue weighted by atomic mass is 9.94. The molecular weight excluding hydrogens is 235 g/mol. The molecule has 0 aromatic rings. The van der Waals surface area contributed by atoms with Crippen LogP contribution in [0, 0.1) is 5.92 Å². The van der Waals surface area contributed by atoms with Crippen LogP contribution in [0.3, 0.4) is 0 Å². The van der Waals surface area contributed by atoms with Crippen molar-refractivity contribution >= 4 is 34.9 Å². The maximum Gasteiger partial charge on any atom is 0.302 e. The molecule has 0 N–H and O–H groups in total. The molecule has 0 saturated heterocycles. The van der Waals surface area contributed by atoms with Crippen molar-refractivity contribution in [1.29, 1.82) is 0 Å². The van der Waals surface area contributed by atoms with Crippen LogP contribution in [0.1, 0.15) is 46.5 Å². The molecule has 0 saturated carbocycles. The lowest BCUT2D eigenvalue weighted by molar-refractivity contribution is -0.146. The molecule has 0 aromatic heterocycles. The maximum absolute atomic E-state index is 11.7. The van der Waals surface area contributed by atoms with Gasteiger partial charge in [-0.25, -0.2) is 0 Å². The van der Waals surface area contributed by atoms with Gasteiger partial charge < -0.3 is 4.74 Å². The van der Waals surface area contributed by atoms with E-state index in [1.807, 2.05) is 13.8 Å². The number of carbonyl (C=O) groups excluding carboxylic acids is 3. The number of hydrogen-bond donors (Lipinski definition) is 0. The van der Waals surface area contributed by atoms with Gasteiger partial charge in [-0.1, -0.05) is 13.8 Å². The van der Waals surface area contributed by atoms with E-state index in [-0.39, 0.29) is 35.5 Å². The maximum atomic E-state index is 11.7. The summed E-state index contributed by atoms with van der Waals surface area (Å²) in [6.45, 7) is 4.93. The third-order valence-corrected chi connectivity index (χ3v) is 2.22. The lowest BCUT2D eigenvalue weighted by Gasteiger charge is -2.13. The molecule has 0 fully saturated rings. The van der Waals surface area contributed by atoms with Crippen LogP contribution in [0.4, 0.5) is 0 Å². The number of ketones is 2. The highest BCUT2D eigenvalue weighted by Crippen LogP contribution is 2.10. The molecule has 0 aliphatic heterocycles.